The maximum atomic E-state index is 11.3. The summed E-state index contributed by atoms with van der Waals surface area (Å²) in [5.41, 5.74) is 0. The maximum absolute atomic E-state index is 11.3. The molecule has 1 atom stereocenters. The summed E-state index contributed by atoms with van der Waals surface area (Å²) >= 11 is 0. The van der Waals surface area contributed by atoms with Gasteiger partial charge >= 0.3 is 5.97 Å². The van der Waals surface area contributed by atoms with Crippen molar-refractivity contribution in [3.63, 3.8) is 0 Å². The third kappa shape index (κ3) is 1.75. The van der Waals surface area contributed by atoms with E-state index in [0.29, 0.717) is 19.5 Å². The third-order valence-corrected chi connectivity index (χ3v) is 2.21. The Kier molecular flexibility index (Phi) is 2.68. The van der Waals surface area contributed by atoms with E-state index in [9.17, 15) is 9.59 Å². The van der Waals surface area contributed by atoms with Crippen LogP contribution in [0.5, 0.6) is 0 Å². The summed E-state index contributed by atoms with van der Waals surface area (Å²) < 4.78 is 0. The van der Waals surface area contributed by atoms with Crippen LogP contribution in [-0.4, -0.2) is 35.0 Å². The third-order valence-electron chi connectivity index (χ3n) is 2.21. The van der Waals surface area contributed by atoms with E-state index < -0.39 is 5.97 Å². The number of nitrogens with zero attached hydrogens (tertiary/aromatic N) is 1. The molecule has 12 heavy (non-hydrogen) atoms. The molecule has 0 aliphatic carbocycles. The lowest BCUT2D eigenvalue weighted by Crippen LogP contribution is -2.27. The largest absolute Gasteiger partial charge is 0.481 e. The minimum atomic E-state index is -0.883. The van der Waals surface area contributed by atoms with Crippen molar-refractivity contribution in [1.29, 1.82) is 0 Å². The van der Waals surface area contributed by atoms with Crippen molar-refractivity contribution < 1.29 is 14.7 Å². The summed E-state index contributed by atoms with van der Waals surface area (Å²) in [5.74, 6) is -1.16. The zero-order valence-corrected chi connectivity index (χ0v) is 7.12. The number of hydrogen-bond acceptors (Lipinski definition) is 2. The van der Waals surface area contributed by atoms with Gasteiger partial charge in [0.15, 0.2) is 0 Å². The van der Waals surface area contributed by atoms with Crippen molar-refractivity contribution in [3.05, 3.63) is 0 Å². The highest BCUT2D eigenvalue weighted by Gasteiger charge is 2.31. The monoisotopic (exact) mass is 171 g/mol. The standard InChI is InChI=1S/C8H13NO3/c1-2-9-4-3-6(8(9)12)5-7(10)11/h6H,2-5H2,1H3,(H,10,11). The van der Waals surface area contributed by atoms with Gasteiger partial charge < -0.3 is 10.0 Å². The zero-order chi connectivity index (χ0) is 9.14. The van der Waals surface area contributed by atoms with E-state index in [1.807, 2.05) is 6.92 Å². The SMILES string of the molecule is CCN1CCC(CC(=O)O)C1=O. The molecule has 0 spiro atoms. The Morgan fingerprint density at radius 1 is 1.75 bits per heavy atom. The number of likely N-dealkylation sites (tertiary alicyclic amines) is 1. The number of aliphatic carboxylic acids is 1. The number of carboxylic acids is 1. The predicted molar refractivity (Wildman–Crippen MR) is 42.6 cm³/mol. The molecule has 1 aliphatic heterocycles. The van der Waals surface area contributed by atoms with Crippen LogP contribution in [0.15, 0.2) is 0 Å². The summed E-state index contributed by atoms with van der Waals surface area (Å²) in [4.78, 5) is 23.4. The van der Waals surface area contributed by atoms with Gasteiger partial charge in [0.25, 0.3) is 0 Å². The number of carbonyl (C=O) groups is 2. The molecular weight excluding hydrogens is 158 g/mol. The molecule has 68 valence electrons. The Balaban J connectivity index is 2.49. The van der Waals surface area contributed by atoms with Crippen LogP contribution < -0.4 is 0 Å². The Morgan fingerprint density at radius 3 is 2.83 bits per heavy atom. The number of carboxylic acid groups (broad SMARTS) is 1. The highest BCUT2D eigenvalue weighted by molar-refractivity contribution is 5.84. The Hall–Kier alpha value is -1.06. The summed E-state index contributed by atoms with van der Waals surface area (Å²) in [6.07, 6.45) is 0.675. The van der Waals surface area contributed by atoms with Crippen LogP contribution in [0.25, 0.3) is 0 Å². The molecule has 0 bridgehead atoms. The Morgan fingerprint density at radius 2 is 2.42 bits per heavy atom. The quantitative estimate of drug-likeness (QED) is 0.665. The molecule has 0 saturated carbocycles. The Bertz CT molecular complexity index is 202. The van der Waals surface area contributed by atoms with Gasteiger partial charge in [0.05, 0.1) is 12.3 Å². The Labute approximate surface area is 71.2 Å². The van der Waals surface area contributed by atoms with Gasteiger partial charge in [0, 0.05) is 13.1 Å². The van der Waals surface area contributed by atoms with Gasteiger partial charge in [-0.3, -0.25) is 9.59 Å². The molecular formula is C8H13NO3. The van der Waals surface area contributed by atoms with E-state index in [4.69, 9.17) is 5.11 Å². The van der Waals surface area contributed by atoms with Gasteiger partial charge in [0.2, 0.25) is 5.91 Å². The highest BCUT2D eigenvalue weighted by atomic mass is 16.4. The molecule has 0 aromatic rings. The molecule has 4 heteroatoms. The molecule has 1 saturated heterocycles. The molecule has 4 nitrogen and oxygen atoms in total. The second-order valence-corrected chi connectivity index (χ2v) is 3.00. The van der Waals surface area contributed by atoms with Gasteiger partial charge in [0.1, 0.15) is 0 Å². The average molecular weight is 171 g/mol. The van der Waals surface area contributed by atoms with Crippen molar-refractivity contribution in [2.75, 3.05) is 13.1 Å². The van der Waals surface area contributed by atoms with Crippen LogP contribution in [0.1, 0.15) is 19.8 Å². The molecule has 0 aromatic carbocycles. The lowest BCUT2D eigenvalue weighted by Gasteiger charge is -2.12. The number of amides is 1. The van der Waals surface area contributed by atoms with Crippen LogP contribution in [-0.2, 0) is 9.59 Å². The topological polar surface area (TPSA) is 57.6 Å². The van der Waals surface area contributed by atoms with Crippen LogP contribution in [0.3, 0.4) is 0 Å². The van der Waals surface area contributed by atoms with E-state index in [0.717, 1.165) is 0 Å². The van der Waals surface area contributed by atoms with Gasteiger partial charge in [-0.2, -0.15) is 0 Å². The average Bonchev–Trinajstić information content (AvgIpc) is 2.32. The number of carbonyl (C=O) groups excluding carboxylic acids is 1. The van der Waals surface area contributed by atoms with E-state index in [1.165, 1.54) is 0 Å². The predicted octanol–water partition coefficient (Wildman–Crippen LogP) is 0.330. The van der Waals surface area contributed by atoms with E-state index in [-0.39, 0.29) is 18.2 Å². The second-order valence-electron chi connectivity index (χ2n) is 3.00. The lowest BCUT2D eigenvalue weighted by atomic mass is 10.0. The van der Waals surface area contributed by atoms with Crippen molar-refractivity contribution in [3.8, 4) is 0 Å². The van der Waals surface area contributed by atoms with Gasteiger partial charge in [-0.25, -0.2) is 0 Å². The molecule has 1 heterocycles. The minimum Gasteiger partial charge on any atom is -0.481 e. The van der Waals surface area contributed by atoms with Crippen molar-refractivity contribution in [2.24, 2.45) is 5.92 Å². The smallest absolute Gasteiger partial charge is 0.304 e. The number of rotatable bonds is 3. The van der Waals surface area contributed by atoms with Crippen LogP contribution in [0, 0.1) is 5.92 Å². The van der Waals surface area contributed by atoms with Gasteiger partial charge in [-0.15, -0.1) is 0 Å². The fourth-order valence-corrected chi connectivity index (χ4v) is 1.52. The molecule has 0 aromatic heterocycles. The van der Waals surface area contributed by atoms with Gasteiger partial charge in [-0.05, 0) is 13.3 Å². The van der Waals surface area contributed by atoms with Crippen molar-refractivity contribution in [2.45, 2.75) is 19.8 Å². The van der Waals surface area contributed by atoms with Crippen LogP contribution in [0.2, 0.25) is 0 Å². The van der Waals surface area contributed by atoms with Crippen molar-refractivity contribution in [1.82, 2.24) is 4.90 Å². The molecule has 1 N–H and O–H groups in total. The molecule has 1 unspecified atom stereocenters. The molecule has 1 amide bonds. The van der Waals surface area contributed by atoms with Crippen LogP contribution in [0.4, 0.5) is 0 Å². The first-order chi connectivity index (χ1) is 5.65. The summed E-state index contributed by atoms with van der Waals surface area (Å²) in [7, 11) is 0. The van der Waals surface area contributed by atoms with Gasteiger partial charge in [-0.1, -0.05) is 0 Å². The van der Waals surface area contributed by atoms with E-state index in [2.05, 4.69) is 0 Å². The fraction of sp³-hybridized carbons (Fsp3) is 0.750. The second kappa shape index (κ2) is 3.56. The minimum absolute atomic E-state index is 0.0000926. The van der Waals surface area contributed by atoms with Crippen molar-refractivity contribution >= 4 is 11.9 Å². The summed E-state index contributed by atoms with van der Waals surface area (Å²) in [6, 6.07) is 0. The number of hydrogen-bond donors (Lipinski definition) is 1. The summed E-state index contributed by atoms with van der Waals surface area (Å²) in [6.45, 7) is 3.31. The maximum Gasteiger partial charge on any atom is 0.304 e. The highest BCUT2D eigenvalue weighted by Crippen LogP contribution is 2.20. The molecule has 1 aliphatic rings. The first kappa shape index (κ1) is 9.03. The fourth-order valence-electron chi connectivity index (χ4n) is 1.52. The van der Waals surface area contributed by atoms with Crippen LogP contribution >= 0.6 is 0 Å². The summed E-state index contributed by atoms with van der Waals surface area (Å²) in [5, 5.41) is 8.48. The lowest BCUT2D eigenvalue weighted by molar-refractivity contribution is -0.142. The zero-order valence-electron chi connectivity index (χ0n) is 7.12. The first-order valence-corrected chi connectivity index (χ1v) is 4.15. The normalized spacial score (nSPS) is 23.2. The van der Waals surface area contributed by atoms with E-state index >= 15 is 0 Å². The van der Waals surface area contributed by atoms with E-state index in [1.54, 1.807) is 4.90 Å². The molecule has 1 rings (SSSR count). The molecule has 0 radical (unpaired) electrons. The molecule has 1 fully saturated rings. The first-order valence-electron chi connectivity index (χ1n) is 4.15.